The summed E-state index contributed by atoms with van der Waals surface area (Å²) in [4.78, 5) is 11.6. The van der Waals surface area contributed by atoms with Crippen LogP contribution in [0.2, 0.25) is 0 Å². The standard InChI is InChI=1S/C12H16BrNO3/c1-9(12(15)14-7-8-16-2)17-11-5-3-10(13)4-6-11/h3-6,9H,7-8H2,1-2H3,(H,14,15)/t9-/m0/s1. The molecule has 1 atom stereocenters. The van der Waals surface area contributed by atoms with Crippen LogP contribution in [0.25, 0.3) is 0 Å². The maximum Gasteiger partial charge on any atom is 0.260 e. The van der Waals surface area contributed by atoms with Crippen molar-refractivity contribution >= 4 is 21.8 Å². The predicted octanol–water partition coefficient (Wildman–Crippen LogP) is 1.98. The Morgan fingerprint density at radius 2 is 2.06 bits per heavy atom. The second-order valence-corrected chi connectivity index (χ2v) is 4.41. The van der Waals surface area contributed by atoms with E-state index in [0.29, 0.717) is 18.9 Å². The summed E-state index contributed by atoms with van der Waals surface area (Å²) in [5.41, 5.74) is 0. The van der Waals surface area contributed by atoms with Gasteiger partial charge in [-0.05, 0) is 31.2 Å². The van der Waals surface area contributed by atoms with Gasteiger partial charge in [-0.2, -0.15) is 0 Å². The van der Waals surface area contributed by atoms with Gasteiger partial charge in [0, 0.05) is 18.1 Å². The normalized spacial score (nSPS) is 11.9. The first-order chi connectivity index (χ1) is 8.13. The van der Waals surface area contributed by atoms with Crippen LogP contribution in [-0.4, -0.2) is 32.3 Å². The number of carbonyl (C=O) groups excluding carboxylic acids is 1. The molecule has 0 aromatic heterocycles. The summed E-state index contributed by atoms with van der Waals surface area (Å²) >= 11 is 3.33. The van der Waals surface area contributed by atoms with Gasteiger partial charge in [0.1, 0.15) is 5.75 Å². The Balaban J connectivity index is 2.40. The SMILES string of the molecule is COCCNC(=O)[C@H](C)Oc1ccc(Br)cc1. The molecule has 0 aliphatic carbocycles. The number of hydrogen-bond donors (Lipinski definition) is 1. The summed E-state index contributed by atoms with van der Waals surface area (Å²) in [5.74, 6) is 0.521. The number of halogens is 1. The van der Waals surface area contributed by atoms with Crippen molar-refractivity contribution in [2.45, 2.75) is 13.0 Å². The zero-order valence-electron chi connectivity index (χ0n) is 9.90. The fourth-order valence-electron chi connectivity index (χ4n) is 1.19. The monoisotopic (exact) mass is 301 g/mol. The third-order valence-corrected chi connectivity index (χ3v) is 2.63. The van der Waals surface area contributed by atoms with Crippen LogP contribution < -0.4 is 10.1 Å². The van der Waals surface area contributed by atoms with Gasteiger partial charge in [-0.3, -0.25) is 4.79 Å². The van der Waals surface area contributed by atoms with Gasteiger partial charge in [-0.1, -0.05) is 15.9 Å². The molecule has 1 rings (SSSR count). The number of nitrogens with one attached hydrogen (secondary N) is 1. The molecule has 0 saturated carbocycles. The number of benzene rings is 1. The van der Waals surface area contributed by atoms with E-state index in [-0.39, 0.29) is 5.91 Å². The fraction of sp³-hybridized carbons (Fsp3) is 0.417. The summed E-state index contributed by atoms with van der Waals surface area (Å²) in [6.45, 7) is 2.70. The third kappa shape index (κ3) is 5.19. The maximum atomic E-state index is 11.6. The van der Waals surface area contributed by atoms with E-state index in [1.54, 1.807) is 14.0 Å². The van der Waals surface area contributed by atoms with Crippen molar-refractivity contribution in [3.8, 4) is 5.75 Å². The lowest BCUT2D eigenvalue weighted by atomic mass is 10.3. The Morgan fingerprint density at radius 1 is 1.41 bits per heavy atom. The van der Waals surface area contributed by atoms with E-state index in [9.17, 15) is 4.79 Å². The molecule has 94 valence electrons. The molecule has 4 nitrogen and oxygen atoms in total. The van der Waals surface area contributed by atoms with E-state index in [1.165, 1.54) is 0 Å². The minimum Gasteiger partial charge on any atom is -0.481 e. The summed E-state index contributed by atoms with van der Waals surface area (Å²) < 4.78 is 11.3. The van der Waals surface area contributed by atoms with Gasteiger partial charge in [0.25, 0.3) is 5.91 Å². The Hall–Kier alpha value is -1.07. The van der Waals surface area contributed by atoms with Crippen molar-refractivity contribution in [1.29, 1.82) is 0 Å². The summed E-state index contributed by atoms with van der Waals surface area (Å²) in [5, 5.41) is 2.72. The zero-order chi connectivity index (χ0) is 12.7. The summed E-state index contributed by atoms with van der Waals surface area (Å²) in [7, 11) is 1.59. The Labute approximate surface area is 109 Å². The first-order valence-electron chi connectivity index (χ1n) is 5.32. The molecular weight excluding hydrogens is 286 g/mol. The molecule has 0 bridgehead atoms. The van der Waals surface area contributed by atoms with Crippen molar-refractivity contribution in [1.82, 2.24) is 5.32 Å². The molecule has 0 spiro atoms. The predicted molar refractivity (Wildman–Crippen MR) is 69.1 cm³/mol. The molecule has 5 heteroatoms. The molecule has 1 aromatic carbocycles. The van der Waals surface area contributed by atoms with Gasteiger partial charge in [0.05, 0.1) is 6.61 Å². The second-order valence-electron chi connectivity index (χ2n) is 3.50. The van der Waals surface area contributed by atoms with Crippen LogP contribution in [0, 0.1) is 0 Å². The van der Waals surface area contributed by atoms with Crippen molar-refractivity contribution < 1.29 is 14.3 Å². The van der Waals surface area contributed by atoms with Crippen molar-refractivity contribution in [3.63, 3.8) is 0 Å². The minimum atomic E-state index is -0.520. The highest BCUT2D eigenvalue weighted by Crippen LogP contribution is 2.17. The molecular formula is C12H16BrNO3. The second kappa shape index (κ2) is 7.29. The maximum absolute atomic E-state index is 11.6. The lowest BCUT2D eigenvalue weighted by molar-refractivity contribution is -0.127. The van der Waals surface area contributed by atoms with E-state index >= 15 is 0 Å². The minimum absolute atomic E-state index is 0.148. The molecule has 0 aliphatic heterocycles. The van der Waals surface area contributed by atoms with Crippen LogP contribution in [-0.2, 0) is 9.53 Å². The van der Waals surface area contributed by atoms with Gasteiger partial charge in [-0.25, -0.2) is 0 Å². The third-order valence-electron chi connectivity index (χ3n) is 2.10. The average Bonchev–Trinajstić information content (AvgIpc) is 2.32. The van der Waals surface area contributed by atoms with E-state index < -0.39 is 6.10 Å². The zero-order valence-corrected chi connectivity index (χ0v) is 11.5. The molecule has 0 radical (unpaired) electrons. The summed E-state index contributed by atoms with van der Waals surface area (Å²) in [6, 6.07) is 7.35. The Kier molecular flexibility index (Phi) is 6.00. The molecule has 0 heterocycles. The van der Waals surface area contributed by atoms with E-state index in [1.807, 2.05) is 24.3 Å². The van der Waals surface area contributed by atoms with E-state index in [2.05, 4.69) is 21.2 Å². The molecule has 1 N–H and O–H groups in total. The van der Waals surface area contributed by atoms with Gasteiger partial charge in [-0.15, -0.1) is 0 Å². The van der Waals surface area contributed by atoms with Crippen LogP contribution in [0.3, 0.4) is 0 Å². The van der Waals surface area contributed by atoms with Crippen LogP contribution in [0.1, 0.15) is 6.92 Å². The Bertz CT molecular complexity index is 353. The number of carbonyl (C=O) groups is 1. The van der Waals surface area contributed by atoms with Crippen LogP contribution >= 0.6 is 15.9 Å². The smallest absolute Gasteiger partial charge is 0.260 e. The van der Waals surface area contributed by atoms with Gasteiger partial charge in [0.2, 0.25) is 0 Å². The molecule has 0 fully saturated rings. The topological polar surface area (TPSA) is 47.6 Å². The molecule has 1 amide bonds. The van der Waals surface area contributed by atoms with Crippen molar-refractivity contribution in [2.75, 3.05) is 20.3 Å². The quantitative estimate of drug-likeness (QED) is 0.817. The molecule has 0 aliphatic rings. The lowest BCUT2D eigenvalue weighted by Crippen LogP contribution is -2.37. The number of rotatable bonds is 6. The van der Waals surface area contributed by atoms with E-state index in [0.717, 1.165) is 4.47 Å². The van der Waals surface area contributed by atoms with Crippen LogP contribution in [0.5, 0.6) is 5.75 Å². The van der Waals surface area contributed by atoms with E-state index in [4.69, 9.17) is 9.47 Å². The van der Waals surface area contributed by atoms with Gasteiger partial charge in [0.15, 0.2) is 6.10 Å². The highest BCUT2D eigenvalue weighted by atomic mass is 79.9. The van der Waals surface area contributed by atoms with Crippen LogP contribution in [0.4, 0.5) is 0 Å². The first-order valence-corrected chi connectivity index (χ1v) is 6.11. The highest BCUT2D eigenvalue weighted by molar-refractivity contribution is 9.10. The van der Waals surface area contributed by atoms with Crippen molar-refractivity contribution in [2.24, 2.45) is 0 Å². The Morgan fingerprint density at radius 3 is 2.65 bits per heavy atom. The van der Waals surface area contributed by atoms with Crippen molar-refractivity contribution in [3.05, 3.63) is 28.7 Å². The average molecular weight is 302 g/mol. The number of amides is 1. The molecule has 0 saturated heterocycles. The highest BCUT2D eigenvalue weighted by Gasteiger charge is 2.13. The fourth-order valence-corrected chi connectivity index (χ4v) is 1.46. The van der Waals surface area contributed by atoms with Crippen LogP contribution in [0.15, 0.2) is 28.7 Å². The van der Waals surface area contributed by atoms with Gasteiger partial charge >= 0.3 is 0 Å². The number of methoxy groups -OCH3 is 1. The largest absolute Gasteiger partial charge is 0.481 e. The molecule has 0 unspecified atom stereocenters. The number of hydrogen-bond acceptors (Lipinski definition) is 3. The lowest BCUT2D eigenvalue weighted by Gasteiger charge is -2.14. The molecule has 17 heavy (non-hydrogen) atoms. The van der Waals surface area contributed by atoms with Gasteiger partial charge < -0.3 is 14.8 Å². The number of ether oxygens (including phenoxy) is 2. The first kappa shape index (κ1) is 14.0. The molecule has 1 aromatic rings. The summed E-state index contributed by atoms with van der Waals surface area (Å²) in [6.07, 6.45) is -0.520.